The first-order valence-corrected chi connectivity index (χ1v) is 8.86. The molecule has 1 aliphatic carbocycles. The molecular formula is C18H29NS. The fourth-order valence-electron chi connectivity index (χ4n) is 3.28. The van der Waals surface area contributed by atoms with Crippen molar-refractivity contribution in [1.29, 1.82) is 0 Å². The SMILES string of the molecule is CCC(C)(C)C1CCC(CN)C(Sc2ccccc2)C1. The standard InChI is InChI=1S/C18H29NS/c1-4-18(2,3)15-11-10-14(13-19)17(12-15)20-16-8-6-5-7-9-16/h5-9,14-15,17H,4,10-13,19H2,1-3H3. The molecule has 0 amide bonds. The maximum Gasteiger partial charge on any atom is 0.0137 e. The van der Waals surface area contributed by atoms with Gasteiger partial charge < -0.3 is 5.73 Å². The maximum absolute atomic E-state index is 6.02. The minimum atomic E-state index is 0.467. The summed E-state index contributed by atoms with van der Waals surface area (Å²) in [5, 5.41) is 0.687. The number of benzene rings is 1. The van der Waals surface area contributed by atoms with E-state index < -0.39 is 0 Å². The van der Waals surface area contributed by atoms with E-state index in [1.807, 2.05) is 11.8 Å². The summed E-state index contributed by atoms with van der Waals surface area (Å²) in [6, 6.07) is 10.8. The molecule has 3 atom stereocenters. The van der Waals surface area contributed by atoms with Gasteiger partial charge in [0.15, 0.2) is 0 Å². The molecule has 112 valence electrons. The molecular weight excluding hydrogens is 262 g/mol. The number of rotatable bonds is 5. The summed E-state index contributed by atoms with van der Waals surface area (Å²) in [5.41, 5.74) is 6.49. The molecule has 1 aliphatic rings. The van der Waals surface area contributed by atoms with Crippen molar-refractivity contribution in [2.24, 2.45) is 23.0 Å². The lowest BCUT2D eigenvalue weighted by Crippen LogP contribution is -2.37. The highest BCUT2D eigenvalue weighted by Crippen LogP contribution is 2.46. The molecule has 1 fully saturated rings. The first-order valence-electron chi connectivity index (χ1n) is 7.98. The van der Waals surface area contributed by atoms with Crippen LogP contribution in [-0.2, 0) is 0 Å². The monoisotopic (exact) mass is 291 g/mol. The van der Waals surface area contributed by atoms with Crippen molar-refractivity contribution in [2.45, 2.75) is 56.6 Å². The first-order chi connectivity index (χ1) is 9.56. The van der Waals surface area contributed by atoms with Crippen molar-refractivity contribution in [3.8, 4) is 0 Å². The lowest BCUT2D eigenvalue weighted by molar-refractivity contribution is 0.134. The largest absolute Gasteiger partial charge is 0.330 e. The third kappa shape index (κ3) is 3.79. The predicted molar refractivity (Wildman–Crippen MR) is 90.0 cm³/mol. The van der Waals surface area contributed by atoms with Crippen LogP contribution in [0.25, 0.3) is 0 Å². The third-order valence-electron chi connectivity index (χ3n) is 5.28. The summed E-state index contributed by atoms with van der Waals surface area (Å²) in [5.74, 6) is 1.53. The van der Waals surface area contributed by atoms with Gasteiger partial charge in [0, 0.05) is 10.1 Å². The minimum Gasteiger partial charge on any atom is -0.330 e. The van der Waals surface area contributed by atoms with Gasteiger partial charge in [-0.25, -0.2) is 0 Å². The molecule has 0 heterocycles. The predicted octanol–water partition coefficient (Wildman–Crippen LogP) is 4.96. The highest BCUT2D eigenvalue weighted by atomic mass is 32.2. The van der Waals surface area contributed by atoms with Crippen LogP contribution >= 0.6 is 11.8 Å². The molecule has 1 aromatic carbocycles. The normalized spacial score (nSPS) is 27.5. The second kappa shape index (κ2) is 7.00. The van der Waals surface area contributed by atoms with Gasteiger partial charge >= 0.3 is 0 Å². The van der Waals surface area contributed by atoms with E-state index >= 15 is 0 Å². The van der Waals surface area contributed by atoms with Crippen LogP contribution in [0.15, 0.2) is 35.2 Å². The lowest BCUT2D eigenvalue weighted by atomic mass is 9.67. The Labute approximate surface area is 128 Å². The van der Waals surface area contributed by atoms with E-state index in [2.05, 4.69) is 51.1 Å². The van der Waals surface area contributed by atoms with E-state index in [9.17, 15) is 0 Å². The van der Waals surface area contributed by atoms with Crippen LogP contribution in [0.5, 0.6) is 0 Å². The topological polar surface area (TPSA) is 26.0 Å². The molecule has 0 saturated heterocycles. The quantitative estimate of drug-likeness (QED) is 0.830. The summed E-state index contributed by atoms with van der Waals surface area (Å²) >= 11 is 2.05. The Balaban J connectivity index is 2.07. The second-order valence-electron chi connectivity index (χ2n) is 6.82. The minimum absolute atomic E-state index is 0.467. The van der Waals surface area contributed by atoms with Crippen molar-refractivity contribution < 1.29 is 0 Å². The van der Waals surface area contributed by atoms with E-state index in [4.69, 9.17) is 5.73 Å². The van der Waals surface area contributed by atoms with Gasteiger partial charge in [0.2, 0.25) is 0 Å². The van der Waals surface area contributed by atoms with Crippen LogP contribution in [0.3, 0.4) is 0 Å². The van der Waals surface area contributed by atoms with Gasteiger partial charge in [-0.2, -0.15) is 0 Å². The average Bonchev–Trinajstić information content (AvgIpc) is 2.48. The molecule has 3 unspecified atom stereocenters. The fourth-order valence-corrected chi connectivity index (χ4v) is 4.71. The molecule has 20 heavy (non-hydrogen) atoms. The van der Waals surface area contributed by atoms with Crippen molar-refractivity contribution in [2.75, 3.05) is 6.54 Å². The van der Waals surface area contributed by atoms with E-state index in [0.717, 1.165) is 12.5 Å². The zero-order chi connectivity index (χ0) is 14.6. The van der Waals surface area contributed by atoms with Gasteiger partial charge in [-0.3, -0.25) is 0 Å². The van der Waals surface area contributed by atoms with Crippen molar-refractivity contribution >= 4 is 11.8 Å². The van der Waals surface area contributed by atoms with Crippen LogP contribution in [0.4, 0.5) is 0 Å². The summed E-state index contributed by atoms with van der Waals surface area (Å²) in [7, 11) is 0. The molecule has 2 rings (SSSR count). The molecule has 0 bridgehead atoms. The van der Waals surface area contributed by atoms with Crippen LogP contribution in [0.2, 0.25) is 0 Å². The Morgan fingerprint density at radius 1 is 1.20 bits per heavy atom. The Hall–Kier alpha value is -0.470. The van der Waals surface area contributed by atoms with Crippen molar-refractivity contribution in [1.82, 2.24) is 0 Å². The van der Waals surface area contributed by atoms with E-state index in [-0.39, 0.29) is 0 Å². The van der Waals surface area contributed by atoms with Crippen LogP contribution in [0.1, 0.15) is 46.5 Å². The van der Waals surface area contributed by atoms with Gasteiger partial charge in [-0.15, -0.1) is 11.8 Å². The molecule has 0 radical (unpaired) electrons. The summed E-state index contributed by atoms with van der Waals surface area (Å²) < 4.78 is 0. The highest BCUT2D eigenvalue weighted by molar-refractivity contribution is 8.00. The number of thioether (sulfide) groups is 1. The summed E-state index contributed by atoms with van der Waals surface area (Å²) in [6.07, 6.45) is 5.25. The Morgan fingerprint density at radius 3 is 2.50 bits per heavy atom. The Kier molecular flexibility index (Phi) is 5.57. The van der Waals surface area contributed by atoms with Gasteiger partial charge in [0.1, 0.15) is 0 Å². The molecule has 2 N–H and O–H groups in total. The van der Waals surface area contributed by atoms with E-state index in [1.54, 1.807) is 0 Å². The lowest BCUT2D eigenvalue weighted by Gasteiger charge is -2.42. The van der Waals surface area contributed by atoms with Crippen LogP contribution in [0, 0.1) is 17.3 Å². The zero-order valence-electron chi connectivity index (χ0n) is 13.1. The number of nitrogens with two attached hydrogens (primary N) is 1. The molecule has 1 nitrogen and oxygen atoms in total. The van der Waals surface area contributed by atoms with Gasteiger partial charge in [0.25, 0.3) is 0 Å². The molecule has 0 aromatic heterocycles. The summed E-state index contributed by atoms with van der Waals surface area (Å²) in [6.45, 7) is 8.04. The number of hydrogen-bond donors (Lipinski definition) is 1. The van der Waals surface area contributed by atoms with Crippen molar-refractivity contribution in [3.63, 3.8) is 0 Å². The molecule has 0 aliphatic heterocycles. The molecule has 0 spiro atoms. The summed E-state index contributed by atoms with van der Waals surface area (Å²) in [4.78, 5) is 1.39. The number of hydrogen-bond acceptors (Lipinski definition) is 2. The van der Waals surface area contributed by atoms with Gasteiger partial charge in [-0.1, -0.05) is 45.4 Å². The Morgan fingerprint density at radius 2 is 1.90 bits per heavy atom. The third-order valence-corrected chi connectivity index (χ3v) is 6.70. The Bertz CT molecular complexity index is 401. The second-order valence-corrected chi connectivity index (χ2v) is 8.13. The smallest absolute Gasteiger partial charge is 0.0137 e. The van der Waals surface area contributed by atoms with E-state index in [1.165, 1.54) is 30.6 Å². The average molecular weight is 292 g/mol. The highest BCUT2D eigenvalue weighted by Gasteiger charge is 2.37. The van der Waals surface area contributed by atoms with Crippen molar-refractivity contribution in [3.05, 3.63) is 30.3 Å². The maximum atomic E-state index is 6.02. The van der Waals surface area contributed by atoms with Crippen LogP contribution in [-0.4, -0.2) is 11.8 Å². The fraction of sp³-hybridized carbons (Fsp3) is 0.667. The van der Waals surface area contributed by atoms with Gasteiger partial charge in [0.05, 0.1) is 0 Å². The van der Waals surface area contributed by atoms with Crippen LogP contribution < -0.4 is 5.73 Å². The zero-order valence-corrected chi connectivity index (χ0v) is 14.0. The molecule has 2 heteroatoms. The molecule has 1 saturated carbocycles. The molecule has 1 aromatic rings. The first kappa shape index (κ1) is 15.9. The van der Waals surface area contributed by atoms with E-state index in [0.29, 0.717) is 16.6 Å². The van der Waals surface area contributed by atoms with Gasteiger partial charge in [-0.05, 0) is 55.2 Å².